The number of primary amides is 1. The molecular weight excluding hydrogens is 216 g/mol. The van der Waals surface area contributed by atoms with Crippen molar-refractivity contribution in [3.63, 3.8) is 0 Å². The van der Waals surface area contributed by atoms with Gasteiger partial charge in [0.1, 0.15) is 0 Å². The van der Waals surface area contributed by atoms with Crippen molar-refractivity contribution < 1.29 is 9.59 Å². The smallest absolute Gasteiger partial charge is 0.224 e. The molecule has 0 spiro atoms. The van der Waals surface area contributed by atoms with Crippen LogP contribution in [0.4, 0.5) is 5.69 Å². The van der Waals surface area contributed by atoms with Gasteiger partial charge in [-0.2, -0.15) is 0 Å². The van der Waals surface area contributed by atoms with E-state index >= 15 is 0 Å². The van der Waals surface area contributed by atoms with E-state index in [0.29, 0.717) is 12.8 Å². The number of rotatable bonds is 6. The Labute approximate surface area is 101 Å². The Kier molecular flexibility index (Phi) is 5.20. The van der Waals surface area contributed by atoms with E-state index in [4.69, 9.17) is 5.73 Å². The summed E-state index contributed by atoms with van der Waals surface area (Å²) in [5.74, 6) is -0.458. The minimum atomic E-state index is -0.370. The summed E-state index contributed by atoms with van der Waals surface area (Å²) in [4.78, 5) is 22.0. The summed E-state index contributed by atoms with van der Waals surface area (Å²) in [6.07, 6.45) is 2.04. The summed E-state index contributed by atoms with van der Waals surface area (Å²) in [5, 5.41) is 2.78. The Morgan fingerprint density at radius 1 is 1.18 bits per heavy atom. The molecule has 0 atom stereocenters. The summed E-state index contributed by atoms with van der Waals surface area (Å²) < 4.78 is 0. The van der Waals surface area contributed by atoms with Crippen LogP contribution in [0.1, 0.15) is 31.7 Å². The highest BCUT2D eigenvalue weighted by molar-refractivity contribution is 5.90. The number of aryl methyl sites for hydroxylation is 1. The quantitative estimate of drug-likeness (QED) is 0.788. The molecule has 0 bridgehead atoms. The van der Waals surface area contributed by atoms with Gasteiger partial charge >= 0.3 is 0 Å². The molecule has 4 nitrogen and oxygen atoms in total. The zero-order valence-corrected chi connectivity index (χ0v) is 10.0. The van der Waals surface area contributed by atoms with Crippen LogP contribution in [0, 0.1) is 0 Å². The van der Waals surface area contributed by atoms with Crippen LogP contribution in [0.3, 0.4) is 0 Å². The molecule has 0 aromatic heterocycles. The summed E-state index contributed by atoms with van der Waals surface area (Å²) in [7, 11) is 0. The minimum Gasteiger partial charge on any atom is -0.370 e. The Balaban J connectivity index is 2.37. The second kappa shape index (κ2) is 6.68. The summed E-state index contributed by atoms with van der Waals surface area (Å²) in [5.41, 5.74) is 7.01. The van der Waals surface area contributed by atoms with Gasteiger partial charge < -0.3 is 11.1 Å². The molecule has 4 heteroatoms. The van der Waals surface area contributed by atoms with Crippen molar-refractivity contribution in [3.05, 3.63) is 29.8 Å². The molecule has 0 unspecified atom stereocenters. The largest absolute Gasteiger partial charge is 0.370 e. The predicted octanol–water partition coefficient (Wildman–Crippen LogP) is 1.84. The molecule has 1 rings (SSSR count). The number of carbonyl (C=O) groups excluding carboxylic acids is 2. The van der Waals surface area contributed by atoms with Gasteiger partial charge in [-0.1, -0.05) is 19.1 Å². The van der Waals surface area contributed by atoms with Gasteiger partial charge in [-0.05, 0) is 30.5 Å². The van der Waals surface area contributed by atoms with Crippen LogP contribution in [-0.2, 0) is 16.0 Å². The summed E-state index contributed by atoms with van der Waals surface area (Å²) in [6.45, 7) is 2.08. The van der Waals surface area contributed by atoms with Gasteiger partial charge in [0, 0.05) is 18.5 Å². The van der Waals surface area contributed by atoms with E-state index in [2.05, 4.69) is 12.2 Å². The Morgan fingerprint density at radius 3 is 2.35 bits per heavy atom. The van der Waals surface area contributed by atoms with Crippen molar-refractivity contribution in [2.24, 2.45) is 5.73 Å². The van der Waals surface area contributed by atoms with Crippen LogP contribution in [0.25, 0.3) is 0 Å². The molecule has 0 radical (unpaired) electrons. The third-order valence-electron chi connectivity index (χ3n) is 2.47. The number of anilines is 1. The van der Waals surface area contributed by atoms with Crippen molar-refractivity contribution in [1.82, 2.24) is 0 Å². The van der Waals surface area contributed by atoms with E-state index in [0.717, 1.165) is 12.1 Å². The van der Waals surface area contributed by atoms with Crippen molar-refractivity contribution in [2.75, 3.05) is 5.32 Å². The predicted molar refractivity (Wildman–Crippen MR) is 67.5 cm³/mol. The fourth-order valence-corrected chi connectivity index (χ4v) is 1.47. The van der Waals surface area contributed by atoms with Crippen LogP contribution in [0.15, 0.2) is 24.3 Å². The van der Waals surface area contributed by atoms with Gasteiger partial charge in [-0.15, -0.1) is 0 Å². The molecule has 0 aliphatic carbocycles. The van der Waals surface area contributed by atoms with E-state index in [-0.39, 0.29) is 18.2 Å². The zero-order valence-electron chi connectivity index (χ0n) is 10.0. The fraction of sp³-hybridized carbons (Fsp3) is 0.385. The van der Waals surface area contributed by atoms with E-state index in [1.807, 2.05) is 24.3 Å². The first-order valence-corrected chi connectivity index (χ1v) is 5.79. The molecule has 17 heavy (non-hydrogen) atoms. The standard InChI is InChI=1S/C13H18N2O2/c1-2-10-6-8-11(9-7-10)15-13(17)5-3-4-12(14)16/h6-9H,2-5H2,1H3,(H2,14,16)(H,15,17). The maximum atomic E-state index is 11.5. The second-order valence-electron chi connectivity index (χ2n) is 3.92. The first-order valence-electron chi connectivity index (χ1n) is 5.79. The van der Waals surface area contributed by atoms with Gasteiger partial charge in [0.15, 0.2) is 0 Å². The van der Waals surface area contributed by atoms with Crippen molar-refractivity contribution in [1.29, 1.82) is 0 Å². The molecule has 0 heterocycles. The Hall–Kier alpha value is -1.84. The lowest BCUT2D eigenvalue weighted by Crippen LogP contribution is -2.14. The molecule has 0 fully saturated rings. The van der Waals surface area contributed by atoms with E-state index in [1.54, 1.807) is 0 Å². The van der Waals surface area contributed by atoms with Crippen molar-refractivity contribution >= 4 is 17.5 Å². The number of nitrogens with two attached hydrogens (primary N) is 1. The van der Waals surface area contributed by atoms with Gasteiger partial charge in [0.2, 0.25) is 11.8 Å². The molecule has 0 saturated carbocycles. The number of amides is 2. The summed E-state index contributed by atoms with van der Waals surface area (Å²) >= 11 is 0. The monoisotopic (exact) mass is 234 g/mol. The molecule has 1 aromatic rings. The highest BCUT2D eigenvalue weighted by Gasteiger charge is 2.03. The Morgan fingerprint density at radius 2 is 1.82 bits per heavy atom. The van der Waals surface area contributed by atoms with Crippen LogP contribution < -0.4 is 11.1 Å². The first-order chi connectivity index (χ1) is 8.11. The van der Waals surface area contributed by atoms with Gasteiger partial charge in [0.25, 0.3) is 0 Å². The summed E-state index contributed by atoms with van der Waals surface area (Å²) in [6, 6.07) is 7.73. The van der Waals surface area contributed by atoms with E-state index < -0.39 is 0 Å². The topological polar surface area (TPSA) is 72.2 Å². The average molecular weight is 234 g/mol. The number of carbonyl (C=O) groups is 2. The van der Waals surface area contributed by atoms with Crippen molar-refractivity contribution in [2.45, 2.75) is 32.6 Å². The number of nitrogens with one attached hydrogen (secondary N) is 1. The van der Waals surface area contributed by atoms with Crippen LogP contribution in [-0.4, -0.2) is 11.8 Å². The molecule has 92 valence electrons. The van der Waals surface area contributed by atoms with Gasteiger partial charge in [0.05, 0.1) is 0 Å². The fourth-order valence-electron chi connectivity index (χ4n) is 1.47. The zero-order chi connectivity index (χ0) is 12.7. The van der Waals surface area contributed by atoms with Crippen LogP contribution in [0.5, 0.6) is 0 Å². The number of hydrogen-bond acceptors (Lipinski definition) is 2. The average Bonchev–Trinajstić information content (AvgIpc) is 2.29. The normalized spacial score (nSPS) is 9.94. The molecule has 1 aromatic carbocycles. The molecule has 0 aliphatic heterocycles. The minimum absolute atomic E-state index is 0.0875. The first kappa shape index (κ1) is 13.2. The van der Waals surface area contributed by atoms with Crippen molar-refractivity contribution in [3.8, 4) is 0 Å². The van der Waals surface area contributed by atoms with Crippen LogP contribution in [0.2, 0.25) is 0 Å². The maximum Gasteiger partial charge on any atom is 0.224 e. The van der Waals surface area contributed by atoms with E-state index in [9.17, 15) is 9.59 Å². The molecule has 0 saturated heterocycles. The maximum absolute atomic E-state index is 11.5. The molecular formula is C13H18N2O2. The Bertz CT molecular complexity index is 385. The second-order valence-corrected chi connectivity index (χ2v) is 3.92. The molecule has 0 aliphatic rings. The van der Waals surface area contributed by atoms with Crippen LogP contribution >= 0.6 is 0 Å². The lowest BCUT2D eigenvalue weighted by Gasteiger charge is -2.05. The lowest BCUT2D eigenvalue weighted by molar-refractivity contribution is -0.118. The molecule has 3 N–H and O–H groups in total. The SMILES string of the molecule is CCc1ccc(NC(=O)CCCC(N)=O)cc1. The van der Waals surface area contributed by atoms with Gasteiger partial charge in [-0.3, -0.25) is 9.59 Å². The van der Waals surface area contributed by atoms with Gasteiger partial charge in [-0.25, -0.2) is 0 Å². The number of benzene rings is 1. The third kappa shape index (κ3) is 5.15. The number of hydrogen-bond donors (Lipinski definition) is 2. The highest BCUT2D eigenvalue weighted by atomic mass is 16.2. The van der Waals surface area contributed by atoms with E-state index in [1.165, 1.54) is 5.56 Å². The lowest BCUT2D eigenvalue weighted by atomic mass is 10.1. The molecule has 2 amide bonds. The third-order valence-corrected chi connectivity index (χ3v) is 2.47. The highest BCUT2D eigenvalue weighted by Crippen LogP contribution is 2.10.